The molecule has 1 atom stereocenters. The van der Waals surface area contributed by atoms with Gasteiger partial charge in [-0.05, 0) is 37.9 Å². The highest BCUT2D eigenvalue weighted by Crippen LogP contribution is 2.36. The summed E-state index contributed by atoms with van der Waals surface area (Å²) in [6, 6.07) is 6.23. The molecule has 2 rings (SSSR count). The lowest BCUT2D eigenvalue weighted by atomic mass is 9.86. The van der Waals surface area contributed by atoms with Gasteiger partial charge < -0.3 is 14.8 Å². The van der Waals surface area contributed by atoms with E-state index in [1.807, 2.05) is 6.07 Å². The van der Waals surface area contributed by atoms with Gasteiger partial charge in [-0.25, -0.2) is 0 Å². The van der Waals surface area contributed by atoms with Gasteiger partial charge in [-0.3, -0.25) is 0 Å². The number of hydrogen-bond acceptors (Lipinski definition) is 3. The molecule has 0 aromatic heterocycles. The summed E-state index contributed by atoms with van der Waals surface area (Å²) in [6.45, 7) is 3.94. The molecule has 0 radical (unpaired) electrons. The number of ether oxygens (including phenoxy) is 2. The number of nitrogens with one attached hydrogen (secondary N) is 1. The Morgan fingerprint density at radius 2 is 2.18 bits per heavy atom. The fourth-order valence-corrected chi connectivity index (χ4v) is 2.69. The summed E-state index contributed by atoms with van der Waals surface area (Å²) < 4.78 is 10.7. The van der Waals surface area contributed by atoms with Crippen molar-refractivity contribution in [2.45, 2.75) is 31.9 Å². The normalized spacial score (nSPS) is 23.9. The second-order valence-corrected chi connectivity index (χ2v) is 4.78. The summed E-state index contributed by atoms with van der Waals surface area (Å²) in [7, 11) is 3.43. The molecule has 0 spiro atoms. The smallest absolute Gasteiger partial charge is 0.124 e. The molecule has 17 heavy (non-hydrogen) atoms. The first-order chi connectivity index (χ1) is 8.21. The minimum Gasteiger partial charge on any atom is -0.496 e. The van der Waals surface area contributed by atoms with E-state index in [4.69, 9.17) is 9.47 Å². The predicted molar refractivity (Wildman–Crippen MR) is 68.3 cm³/mol. The van der Waals surface area contributed by atoms with Gasteiger partial charge in [0.1, 0.15) is 5.75 Å². The molecule has 3 heteroatoms. The molecule has 0 aliphatic carbocycles. The van der Waals surface area contributed by atoms with Crippen molar-refractivity contribution in [3.63, 3.8) is 0 Å². The molecule has 0 saturated carbocycles. The van der Waals surface area contributed by atoms with Gasteiger partial charge in [-0.2, -0.15) is 0 Å². The van der Waals surface area contributed by atoms with Crippen LogP contribution in [0.2, 0.25) is 0 Å². The van der Waals surface area contributed by atoms with Crippen LogP contribution in [0.25, 0.3) is 0 Å². The average Bonchev–Trinajstić information content (AvgIpc) is 2.78. The Balaban J connectivity index is 2.44. The molecule has 1 N–H and O–H groups in total. The maximum atomic E-state index is 5.44. The highest BCUT2D eigenvalue weighted by Gasteiger charge is 2.32. The van der Waals surface area contributed by atoms with Gasteiger partial charge in [0.05, 0.1) is 13.7 Å². The van der Waals surface area contributed by atoms with Crippen LogP contribution in [0, 0.1) is 0 Å². The van der Waals surface area contributed by atoms with Crippen molar-refractivity contribution in [2.24, 2.45) is 0 Å². The average molecular weight is 235 g/mol. The summed E-state index contributed by atoms with van der Waals surface area (Å²) in [5.74, 6) is 0.916. The summed E-state index contributed by atoms with van der Waals surface area (Å²) in [6.07, 6.45) is 2.39. The maximum absolute atomic E-state index is 5.44. The van der Waals surface area contributed by atoms with E-state index in [1.165, 1.54) is 12.0 Å². The zero-order valence-corrected chi connectivity index (χ0v) is 10.9. The van der Waals surface area contributed by atoms with Crippen LogP contribution in [0.4, 0.5) is 0 Å². The molecule has 0 amide bonds. The van der Waals surface area contributed by atoms with Crippen molar-refractivity contribution in [3.8, 4) is 5.75 Å². The van der Waals surface area contributed by atoms with E-state index in [2.05, 4.69) is 24.4 Å². The lowest BCUT2D eigenvalue weighted by Crippen LogP contribution is -2.34. The number of benzene rings is 1. The minimum absolute atomic E-state index is 0.0579. The Labute approximate surface area is 103 Å². The van der Waals surface area contributed by atoms with Crippen LogP contribution in [-0.2, 0) is 16.9 Å². The zero-order valence-electron chi connectivity index (χ0n) is 10.9. The molecular formula is C14H21NO2. The first-order valence-corrected chi connectivity index (χ1v) is 6.11. The number of methoxy groups -OCH3 is 2. The topological polar surface area (TPSA) is 30.5 Å². The molecule has 94 valence electrons. The summed E-state index contributed by atoms with van der Waals surface area (Å²) in [5.41, 5.74) is 2.52. The van der Waals surface area contributed by atoms with Crippen LogP contribution < -0.4 is 10.1 Å². The van der Waals surface area contributed by atoms with Crippen LogP contribution in [0.5, 0.6) is 5.75 Å². The number of rotatable bonds is 4. The highest BCUT2D eigenvalue weighted by molar-refractivity contribution is 5.43. The second kappa shape index (κ2) is 5.07. The Kier molecular flexibility index (Phi) is 3.69. The van der Waals surface area contributed by atoms with Crippen LogP contribution in [0.3, 0.4) is 0 Å². The fourth-order valence-electron chi connectivity index (χ4n) is 2.69. The van der Waals surface area contributed by atoms with E-state index in [1.54, 1.807) is 14.2 Å². The molecule has 1 saturated heterocycles. The summed E-state index contributed by atoms with van der Waals surface area (Å²) in [4.78, 5) is 0. The molecule has 1 aliphatic heterocycles. The molecule has 1 aromatic rings. The predicted octanol–water partition coefficient (Wildman–Crippen LogP) is 2.44. The third-order valence-corrected chi connectivity index (χ3v) is 3.60. The molecule has 3 nitrogen and oxygen atoms in total. The van der Waals surface area contributed by atoms with E-state index in [0.717, 1.165) is 24.3 Å². The van der Waals surface area contributed by atoms with Gasteiger partial charge >= 0.3 is 0 Å². The van der Waals surface area contributed by atoms with Gasteiger partial charge in [0.2, 0.25) is 0 Å². The van der Waals surface area contributed by atoms with Crippen LogP contribution in [0.15, 0.2) is 18.2 Å². The largest absolute Gasteiger partial charge is 0.496 e. The minimum atomic E-state index is 0.0579. The SMILES string of the molecule is COCc1c(OC)cccc1C1(C)CCCN1. The fraction of sp³-hybridized carbons (Fsp3) is 0.571. The van der Waals surface area contributed by atoms with E-state index in [9.17, 15) is 0 Å². The quantitative estimate of drug-likeness (QED) is 0.869. The first kappa shape index (κ1) is 12.4. The van der Waals surface area contributed by atoms with Gasteiger partial charge in [-0.1, -0.05) is 12.1 Å². The van der Waals surface area contributed by atoms with Crippen molar-refractivity contribution >= 4 is 0 Å². The molecule has 1 unspecified atom stereocenters. The van der Waals surface area contributed by atoms with E-state index >= 15 is 0 Å². The zero-order chi connectivity index (χ0) is 12.3. The molecule has 1 aromatic carbocycles. The summed E-state index contributed by atoms with van der Waals surface area (Å²) in [5, 5.41) is 3.59. The van der Waals surface area contributed by atoms with Crippen LogP contribution in [0.1, 0.15) is 30.9 Å². The Bertz CT molecular complexity index is 384. The van der Waals surface area contributed by atoms with Crippen molar-refractivity contribution < 1.29 is 9.47 Å². The molecule has 1 heterocycles. The Morgan fingerprint density at radius 3 is 2.76 bits per heavy atom. The van der Waals surface area contributed by atoms with Crippen molar-refractivity contribution in [2.75, 3.05) is 20.8 Å². The first-order valence-electron chi connectivity index (χ1n) is 6.11. The van der Waals surface area contributed by atoms with Crippen molar-refractivity contribution in [1.29, 1.82) is 0 Å². The van der Waals surface area contributed by atoms with Gasteiger partial charge in [0.15, 0.2) is 0 Å². The second-order valence-electron chi connectivity index (χ2n) is 4.78. The standard InChI is InChI=1S/C14H21NO2/c1-14(8-5-9-15-14)12-6-4-7-13(17-3)11(12)10-16-2/h4,6-7,15H,5,8-10H2,1-3H3. The Morgan fingerprint density at radius 1 is 1.35 bits per heavy atom. The van der Waals surface area contributed by atoms with Crippen LogP contribution >= 0.6 is 0 Å². The van der Waals surface area contributed by atoms with Crippen LogP contribution in [-0.4, -0.2) is 20.8 Å². The lowest BCUT2D eigenvalue weighted by molar-refractivity contribution is 0.179. The van der Waals surface area contributed by atoms with E-state index in [0.29, 0.717) is 6.61 Å². The third-order valence-electron chi connectivity index (χ3n) is 3.60. The van der Waals surface area contributed by atoms with Crippen molar-refractivity contribution in [3.05, 3.63) is 29.3 Å². The number of hydrogen-bond donors (Lipinski definition) is 1. The molecular weight excluding hydrogens is 214 g/mol. The molecule has 1 aliphatic rings. The van der Waals surface area contributed by atoms with Gasteiger partial charge in [-0.15, -0.1) is 0 Å². The maximum Gasteiger partial charge on any atom is 0.124 e. The van der Waals surface area contributed by atoms with E-state index < -0.39 is 0 Å². The lowest BCUT2D eigenvalue weighted by Gasteiger charge is -2.28. The van der Waals surface area contributed by atoms with Gasteiger partial charge in [0, 0.05) is 18.2 Å². The highest BCUT2D eigenvalue weighted by atomic mass is 16.5. The summed E-state index contributed by atoms with van der Waals surface area (Å²) >= 11 is 0. The Hall–Kier alpha value is -1.06. The third kappa shape index (κ3) is 2.31. The van der Waals surface area contributed by atoms with Crippen molar-refractivity contribution in [1.82, 2.24) is 5.32 Å². The van der Waals surface area contributed by atoms with Gasteiger partial charge in [0.25, 0.3) is 0 Å². The monoisotopic (exact) mass is 235 g/mol. The molecule has 0 bridgehead atoms. The molecule has 1 fully saturated rings. The van der Waals surface area contributed by atoms with E-state index in [-0.39, 0.29) is 5.54 Å².